The Bertz CT molecular complexity index is 456. The number of rotatable bonds is 1. The predicted molar refractivity (Wildman–Crippen MR) is 54.3 cm³/mol. The smallest absolute Gasteiger partial charge is 0.337 e. The topological polar surface area (TPSA) is 55.4 Å². The molecule has 0 fully saturated rings. The molecule has 2 radical (unpaired) electrons. The van der Waals surface area contributed by atoms with Crippen LogP contribution in [0.1, 0.15) is 26.3 Å². The van der Waals surface area contributed by atoms with Crippen molar-refractivity contribution in [1.29, 1.82) is 0 Å². The summed E-state index contributed by atoms with van der Waals surface area (Å²) >= 11 is 0. The summed E-state index contributed by atoms with van der Waals surface area (Å²) in [5.74, 6) is -0.702. The van der Waals surface area contributed by atoms with E-state index in [0.29, 0.717) is 23.1 Å². The minimum Gasteiger partial charge on any atom is -0.465 e. The summed E-state index contributed by atoms with van der Waals surface area (Å²) < 4.78 is 4.56. The van der Waals surface area contributed by atoms with Crippen molar-refractivity contribution >= 4 is 25.2 Å². The van der Waals surface area contributed by atoms with Crippen molar-refractivity contribution in [3.8, 4) is 0 Å². The summed E-state index contributed by atoms with van der Waals surface area (Å²) in [4.78, 5) is 22.6. The second-order valence-electron chi connectivity index (χ2n) is 3.27. The molecule has 0 saturated heterocycles. The van der Waals surface area contributed by atoms with Crippen LogP contribution < -0.4 is 10.8 Å². The van der Waals surface area contributed by atoms with Gasteiger partial charge >= 0.3 is 5.97 Å². The van der Waals surface area contributed by atoms with Crippen LogP contribution in [0.4, 0.5) is 0 Å². The maximum absolute atomic E-state index is 11.4. The van der Waals surface area contributed by atoms with Gasteiger partial charge in [0, 0.05) is 12.1 Å². The van der Waals surface area contributed by atoms with E-state index < -0.39 is 5.97 Å². The first-order valence-electron chi connectivity index (χ1n) is 4.42. The molecular weight excluding hydrogens is 193 g/mol. The Labute approximate surface area is 88.0 Å². The summed E-state index contributed by atoms with van der Waals surface area (Å²) in [6.07, 6.45) is 0. The van der Waals surface area contributed by atoms with Gasteiger partial charge in [-0.3, -0.25) is 4.79 Å². The van der Waals surface area contributed by atoms with Gasteiger partial charge in [-0.15, -0.1) is 0 Å². The quantitative estimate of drug-likeness (QED) is 0.492. The Morgan fingerprint density at radius 2 is 2.27 bits per heavy atom. The lowest BCUT2D eigenvalue weighted by Gasteiger charge is -2.05. The molecule has 5 heteroatoms. The molecule has 74 valence electrons. The number of esters is 1. The molecule has 1 N–H and O–H groups in total. The summed E-state index contributed by atoms with van der Waals surface area (Å²) in [7, 11) is 7.01. The lowest BCUT2D eigenvalue weighted by molar-refractivity contribution is 0.0601. The summed E-state index contributed by atoms with van der Waals surface area (Å²) in [6, 6.07) is 3.02. The number of benzene rings is 1. The van der Waals surface area contributed by atoms with E-state index in [1.807, 2.05) is 0 Å². The third-order valence-corrected chi connectivity index (χ3v) is 2.38. The molecule has 15 heavy (non-hydrogen) atoms. The first-order valence-corrected chi connectivity index (χ1v) is 4.42. The molecule has 1 aliphatic heterocycles. The molecule has 1 amide bonds. The van der Waals surface area contributed by atoms with Crippen molar-refractivity contribution in [3.63, 3.8) is 0 Å². The van der Waals surface area contributed by atoms with Gasteiger partial charge in [-0.25, -0.2) is 4.79 Å². The number of nitrogens with one attached hydrogen (secondary N) is 1. The highest BCUT2D eigenvalue weighted by Crippen LogP contribution is 2.15. The third kappa shape index (κ3) is 1.50. The zero-order chi connectivity index (χ0) is 11.0. The zero-order valence-corrected chi connectivity index (χ0v) is 8.16. The van der Waals surface area contributed by atoms with E-state index in [1.54, 1.807) is 0 Å². The fraction of sp³-hybridized carbons (Fsp3) is 0.200. The average Bonchev–Trinajstić information content (AvgIpc) is 2.60. The molecule has 2 rings (SSSR count). The van der Waals surface area contributed by atoms with Gasteiger partial charge < -0.3 is 10.1 Å². The highest BCUT2D eigenvalue weighted by molar-refractivity contribution is 6.34. The predicted octanol–water partition coefficient (Wildman–Crippen LogP) is -0.490. The molecule has 1 aliphatic rings. The molecule has 0 atom stereocenters. The fourth-order valence-corrected chi connectivity index (χ4v) is 1.59. The number of hydrogen-bond acceptors (Lipinski definition) is 3. The van der Waals surface area contributed by atoms with E-state index >= 15 is 0 Å². The van der Waals surface area contributed by atoms with Crippen molar-refractivity contribution in [1.82, 2.24) is 5.32 Å². The molecule has 0 unspecified atom stereocenters. The van der Waals surface area contributed by atoms with Crippen molar-refractivity contribution < 1.29 is 14.3 Å². The number of ether oxygens (including phenoxy) is 1. The summed E-state index contributed by atoms with van der Waals surface area (Å²) in [5, 5.41) is 2.64. The van der Waals surface area contributed by atoms with Gasteiger partial charge in [-0.05, 0) is 11.6 Å². The molecule has 4 nitrogen and oxygen atoms in total. The van der Waals surface area contributed by atoms with Gasteiger partial charge in [-0.2, -0.15) is 0 Å². The van der Waals surface area contributed by atoms with Crippen LogP contribution in [0, 0.1) is 0 Å². The first kappa shape index (κ1) is 9.77. The normalized spacial score (nSPS) is 13.3. The van der Waals surface area contributed by atoms with Gasteiger partial charge in [0.05, 0.1) is 12.7 Å². The molecule has 0 aromatic heterocycles. The average molecular weight is 201 g/mol. The Kier molecular flexibility index (Phi) is 2.23. The number of amides is 1. The standard InChI is InChI=1S/C10H8BNO3/c1-15-10(14)5-2-6-7(8(11)3-5)4-12-9(6)13/h2-3H,4H2,1H3,(H,12,13). The lowest BCUT2D eigenvalue weighted by atomic mass is 9.87. The van der Waals surface area contributed by atoms with Gasteiger partial charge in [0.15, 0.2) is 0 Å². The highest BCUT2D eigenvalue weighted by Gasteiger charge is 2.22. The summed E-state index contributed by atoms with van der Waals surface area (Å²) in [6.45, 7) is 0.418. The molecule has 1 heterocycles. The van der Waals surface area contributed by atoms with Crippen LogP contribution in [0.25, 0.3) is 0 Å². The number of carbonyl (C=O) groups excluding carboxylic acids is 2. The van der Waals surface area contributed by atoms with E-state index in [1.165, 1.54) is 19.2 Å². The fourth-order valence-electron chi connectivity index (χ4n) is 1.59. The molecule has 1 aromatic rings. The van der Waals surface area contributed by atoms with E-state index in [9.17, 15) is 9.59 Å². The van der Waals surface area contributed by atoms with Gasteiger partial charge in [0.1, 0.15) is 7.85 Å². The molecular formula is C10H8BNO3. The number of hydrogen-bond donors (Lipinski definition) is 1. The maximum atomic E-state index is 11.4. The summed E-state index contributed by atoms with van der Waals surface area (Å²) in [5.41, 5.74) is 1.93. The van der Waals surface area contributed by atoms with E-state index in [-0.39, 0.29) is 5.91 Å². The van der Waals surface area contributed by atoms with Crippen LogP contribution in [0.3, 0.4) is 0 Å². The Morgan fingerprint density at radius 3 is 2.93 bits per heavy atom. The van der Waals surface area contributed by atoms with Gasteiger partial charge in [-0.1, -0.05) is 11.5 Å². The van der Waals surface area contributed by atoms with Crippen molar-refractivity contribution in [2.45, 2.75) is 6.54 Å². The monoisotopic (exact) mass is 201 g/mol. The van der Waals surface area contributed by atoms with Crippen LogP contribution in [0.2, 0.25) is 0 Å². The minimum absolute atomic E-state index is 0.206. The first-order chi connectivity index (χ1) is 7.13. The number of methoxy groups -OCH3 is 1. The number of carbonyl (C=O) groups is 2. The van der Waals surface area contributed by atoms with Crippen molar-refractivity contribution in [2.24, 2.45) is 0 Å². The number of fused-ring (bicyclic) bond motifs is 1. The molecule has 0 aliphatic carbocycles. The Morgan fingerprint density at radius 1 is 1.53 bits per heavy atom. The van der Waals surface area contributed by atoms with Crippen LogP contribution in [-0.4, -0.2) is 26.8 Å². The molecule has 0 saturated carbocycles. The zero-order valence-electron chi connectivity index (χ0n) is 8.16. The Balaban J connectivity index is 2.55. The minimum atomic E-state index is -0.496. The highest BCUT2D eigenvalue weighted by atomic mass is 16.5. The maximum Gasteiger partial charge on any atom is 0.337 e. The second-order valence-corrected chi connectivity index (χ2v) is 3.27. The lowest BCUT2D eigenvalue weighted by Crippen LogP contribution is -2.15. The van der Waals surface area contributed by atoms with E-state index in [2.05, 4.69) is 10.1 Å². The van der Waals surface area contributed by atoms with Gasteiger partial charge in [0.2, 0.25) is 0 Å². The van der Waals surface area contributed by atoms with Crippen LogP contribution in [-0.2, 0) is 11.3 Å². The van der Waals surface area contributed by atoms with Gasteiger partial charge in [0.25, 0.3) is 5.91 Å². The van der Waals surface area contributed by atoms with E-state index in [4.69, 9.17) is 7.85 Å². The molecule has 0 bridgehead atoms. The third-order valence-electron chi connectivity index (χ3n) is 2.38. The van der Waals surface area contributed by atoms with Crippen molar-refractivity contribution in [3.05, 3.63) is 28.8 Å². The molecule has 0 spiro atoms. The van der Waals surface area contributed by atoms with Crippen LogP contribution in [0.5, 0.6) is 0 Å². The van der Waals surface area contributed by atoms with E-state index in [0.717, 1.165) is 5.56 Å². The SMILES string of the molecule is [B]c1cc(C(=O)OC)cc2c1CNC2=O. The van der Waals surface area contributed by atoms with Crippen LogP contribution in [0.15, 0.2) is 12.1 Å². The van der Waals surface area contributed by atoms with Crippen LogP contribution >= 0.6 is 0 Å². The second kappa shape index (κ2) is 3.42. The largest absolute Gasteiger partial charge is 0.465 e. The van der Waals surface area contributed by atoms with Crippen molar-refractivity contribution in [2.75, 3.05) is 7.11 Å². The molecule has 1 aromatic carbocycles. The Hall–Kier alpha value is -1.78.